The predicted molar refractivity (Wildman–Crippen MR) is 118 cm³/mol. The molecule has 0 aliphatic carbocycles. The van der Waals surface area contributed by atoms with Crippen molar-refractivity contribution in [2.75, 3.05) is 13.2 Å². The number of hydrogen-bond donors (Lipinski definition) is 0. The van der Waals surface area contributed by atoms with Gasteiger partial charge in [-0.2, -0.15) is 5.10 Å². The summed E-state index contributed by atoms with van der Waals surface area (Å²) in [7, 11) is 0. The minimum absolute atomic E-state index is 0.000452. The topological polar surface area (TPSA) is 81.0 Å². The number of benzene rings is 1. The van der Waals surface area contributed by atoms with Gasteiger partial charge in [0.15, 0.2) is 6.61 Å². The van der Waals surface area contributed by atoms with E-state index in [1.807, 2.05) is 50.2 Å². The van der Waals surface area contributed by atoms with E-state index >= 15 is 0 Å². The second-order valence-electron chi connectivity index (χ2n) is 8.01. The van der Waals surface area contributed by atoms with Crippen LogP contribution in [0.4, 0.5) is 0 Å². The van der Waals surface area contributed by atoms with E-state index in [-0.39, 0.29) is 37.2 Å². The Labute approximate surface area is 182 Å². The lowest BCUT2D eigenvalue weighted by atomic mass is 10.1. The molecule has 0 saturated carbocycles. The van der Waals surface area contributed by atoms with Gasteiger partial charge >= 0.3 is 5.97 Å². The van der Waals surface area contributed by atoms with Gasteiger partial charge in [0.25, 0.3) is 0 Å². The number of Topliss-reactive ketones (excluding diaryl/α,β-unsaturated/α-hetero) is 1. The van der Waals surface area contributed by atoms with Crippen LogP contribution in [0.2, 0.25) is 0 Å². The quantitative estimate of drug-likeness (QED) is 0.477. The van der Waals surface area contributed by atoms with Crippen LogP contribution in [0, 0.1) is 13.8 Å². The molecule has 0 N–H and O–H groups in total. The lowest BCUT2D eigenvalue weighted by Crippen LogP contribution is -2.24. The number of hydrogen-bond acceptors (Lipinski definition) is 5. The molecule has 7 nitrogen and oxygen atoms in total. The highest BCUT2D eigenvalue weighted by molar-refractivity contribution is 6.02. The molecule has 1 aromatic heterocycles. The van der Waals surface area contributed by atoms with E-state index in [4.69, 9.17) is 4.74 Å². The number of nitrogens with zero attached hydrogens (tertiary/aromatic N) is 3. The molecule has 0 saturated heterocycles. The van der Waals surface area contributed by atoms with E-state index in [2.05, 4.69) is 23.5 Å². The summed E-state index contributed by atoms with van der Waals surface area (Å²) < 4.78 is 7.20. The zero-order valence-electron chi connectivity index (χ0n) is 18.6. The van der Waals surface area contributed by atoms with Gasteiger partial charge in [-0.1, -0.05) is 30.3 Å². The number of hydrazone groups is 1. The van der Waals surface area contributed by atoms with Crippen LogP contribution >= 0.6 is 0 Å². The SMILES string of the molecule is Cc1cc(C(=O)COC(=O)CCC(=O)N2CCC(c3ccccc3)=N2)c(C)n1C(C)C. The molecule has 164 valence electrons. The third-order valence-corrected chi connectivity index (χ3v) is 5.41. The van der Waals surface area contributed by atoms with Crippen molar-refractivity contribution in [3.8, 4) is 0 Å². The molecule has 3 rings (SSSR count). The summed E-state index contributed by atoms with van der Waals surface area (Å²) in [6.45, 7) is 8.13. The number of esters is 1. The number of carbonyl (C=O) groups is 3. The van der Waals surface area contributed by atoms with E-state index < -0.39 is 5.97 Å². The van der Waals surface area contributed by atoms with Gasteiger partial charge in [-0.3, -0.25) is 14.4 Å². The molecule has 1 aliphatic rings. The molecule has 0 fully saturated rings. The van der Waals surface area contributed by atoms with Gasteiger partial charge < -0.3 is 9.30 Å². The fourth-order valence-corrected chi connectivity index (χ4v) is 3.96. The lowest BCUT2D eigenvalue weighted by molar-refractivity contribution is -0.145. The van der Waals surface area contributed by atoms with Crippen LogP contribution in [0.15, 0.2) is 41.5 Å². The van der Waals surface area contributed by atoms with Crippen molar-refractivity contribution < 1.29 is 19.1 Å². The number of amides is 1. The molecule has 31 heavy (non-hydrogen) atoms. The number of ether oxygens (including phenoxy) is 1. The summed E-state index contributed by atoms with van der Waals surface area (Å²) in [5.41, 5.74) is 4.28. The van der Waals surface area contributed by atoms with Crippen molar-refractivity contribution in [2.24, 2.45) is 5.10 Å². The van der Waals surface area contributed by atoms with Crippen molar-refractivity contribution in [1.82, 2.24) is 9.58 Å². The van der Waals surface area contributed by atoms with E-state index in [1.165, 1.54) is 5.01 Å². The van der Waals surface area contributed by atoms with Crippen LogP contribution in [-0.4, -0.2) is 46.1 Å². The summed E-state index contributed by atoms with van der Waals surface area (Å²) in [4.78, 5) is 36.9. The first-order valence-electron chi connectivity index (χ1n) is 10.6. The summed E-state index contributed by atoms with van der Waals surface area (Å²) in [6.07, 6.45) is 0.605. The smallest absolute Gasteiger partial charge is 0.306 e. The molecule has 2 heterocycles. The maximum atomic E-state index is 12.5. The normalized spacial score (nSPS) is 13.5. The summed E-state index contributed by atoms with van der Waals surface area (Å²) in [5.74, 6) is -1.03. The Morgan fingerprint density at radius 1 is 1.10 bits per heavy atom. The first kappa shape index (κ1) is 22.5. The monoisotopic (exact) mass is 423 g/mol. The van der Waals surface area contributed by atoms with Crippen LogP contribution in [0.25, 0.3) is 0 Å². The number of aryl methyl sites for hydroxylation is 1. The fourth-order valence-electron chi connectivity index (χ4n) is 3.96. The standard InChI is InChI=1S/C24H29N3O4/c1-16(2)27-17(3)14-20(18(27)4)22(28)15-31-24(30)11-10-23(29)26-13-12-21(25-26)19-8-6-5-7-9-19/h5-9,14,16H,10-13,15H2,1-4H3. The van der Waals surface area contributed by atoms with Crippen molar-refractivity contribution in [3.05, 3.63) is 58.9 Å². The van der Waals surface area contributed by atoms with Crippen molar-refractivity contribution >= 4 is 23.4 Å². The third-order valence-electron chi connectivity index (χ3n) is 5.41. The van der Waals surface area contributed by atoms with Crippen LogP contribution in [-0.2, 0) is 14.3 Å². The minimum Gasteiger partial charge on any atom is -0.457 e. The Morgan fingerprint density at radius 2 is 1.81 bits per heavy atom. The predicted octanol–water partition coefficient (Wildman–Crippen LogP) is 3.83. The molecular formula is C24H29N3O4. The zero-order chi connectivity index (χ0) is 22.5. The van der Waals surface area contributed by atoms with Crippen LogP contribution in [0.1, 0.15) is 66.5 Å². The number of aromatic nitrogens is 1. The Bertz CT molecular complexity index is 1010. The van der Waals surface area contributed by atoms with Crippen LogP contribution < -0.4 is 0 Å². The van der Waals surface area contributed by atoms with Gasteiger partial charge in [0.05, 0.1) is 18.7 Å². The Morgan fingerprint density at radius 3 is 2.45 bits per heavy atom. The largest absolute Gasteiger partial charge is 0.457 e. The third kappa shape index (κ3) is 5.29. The summed E-state index contributed by atoms with van der Waals surface area (Å²) >= 11 is 0. The molecule has 1 aliphatic heterocycles. The summed E-state index contributed by atoms with van der Waals surface area (Å²) in [6, 6.07) is 11.8. The Kier molecular flexibility index (Phi) is 7.05. The van der Waals surface area contributed by atoms with Crippen LogP contribution in [0.5, 0.6) is 0 Å². The molecule has 2 aromatic rings. The fraction of sp³-hybridized carbons (Fsp3) is 0.417. The number of rotatable bonds is 8. The van der Waals surface area contributed by atoms with Gasteiger partial charge in [-0.15, -0.1) is 0 Å². The molecule has 0 bridgehead atoms. The number of carbonyl (C=O) groups excluding carboxylic acids is 3. The maximum Gasteiger partial charge on any atom is 0.306 e. The molecule has 0 radical (unpaired) electrons. The highest BCUT2D eigenvalue weighted by Gasteiger charge is 2.23. The Hall–Kier alpha value is -3.22. The van der Waals surface area contributed by atoms with Gasteiger partial charge in [-0.25, -0.2) is 5.01 Å². The molecule has 1 amide bonds. The lowest BCUT2D eigenvalue weighted by Gasteiger charge is -2.13. The molecular weight excluding hydrogens is 394 g/mol. The van der Waals surface area contributed by atoms with E-state index in [1.54, 1.807) is 0 Å². The first-order chi connectivity index (χ1) is 14.8. The first-order valence-corrected chi connectivity index (χ1v) is 10.6. The molecule has 0 atom stereocenters. The van der Waals surface area contributed by atoms with Crippen molar-refractivity contribution in [2.45, 2.75) is 53.0 Å². The van der Waals surface area contributed by atoms with Gasteiger partial charge in [-0.05, 0) is 39.3 Å². The van der Waals surface area contributed by atoms with Crippen molar-refractivity contribution in [1.29, 1.82) is 0 Å². The van der Waals surface area contributed by atoms with Crippen molar-refractivity contribution in [3.63, 3.8) is 0 Å². The second-order valence-corrected chi connectivity index (χ2v) is 8.01. The average molecular weight is 424 g/mol. The summed E-state index contributed by atoms with van der Waals surface area (Å²) in [5, 5.41) is 5.78. The zero-order valence-corrected chi connectivity index (χ0v) is 18.6. The van der Waals surface area contributed by atoms with Gasteiger partial charge in [0, 0.05) is 35.8 Å². The molecule has 1 aromatic carbocycles. The maximum absolute atomic E-state index is 12.5. The average Bonchev–Trinajstić information content (AvgIpc) is 3.35. The highest BCUT2D eigenvalue weighted by Crippen LogP contribution is 2.21. The van der Waals surface area contributed by atoms with E-state index in [9.17, 15) is 14.4 Å². The Balaban J connectivity index is 1.47. The van der Waals surface area contributed by atoms with E-state index in [0.29, 0.717) is 18.5 Å². The molecule has 0 unspecified atom stereocenters. The molecule has 0 spiro atoms. The molecule has 7 heteroatoms. The highest BCUT2D eigenvalue weighted by atomic mass is 16.5. The van der Waals surface area contributed by atoms with Crippen LogP contribution in [0.3, 0.4) is 0 Å². The van der Waals surface area contributed by atoms with Gasteiger partial charge in [0.2, 0.25) is 11.7 Å². The van der Waals surface area contributed by atoms with E-state index in [0.717, 1.165) is 22.7 Å². The van der Waals surface area contributed by atoms with Gasteiger partial charge in [0.1, 0.15) is 0 Å². The minimum atomic E-state index is -0.564. The number of ketones is 1. The second kappa shape index (κ2) is 9.73.